The summed E-state index contributed by atoms with van der Waals surface area (Å²) in [4.78, 5) is 18.2. The molecule has 1 saturated heterocycles. The molecule has 2 rings (SSSR count). The molecule has 0 aromatic carbocycles. The minimum Gasteiger partial charge on any atom is -0.469 e. The van der Waals surface area contributed by atoms with Crippen LogP contribution in [0.3, 0.4) is 0 Å². The van der Waals surface area contributed by atoms with E-state index in [-0.39, 0.29) is 41.8 Å². The summed E-state index contributed by atoms with van der Waals surface area (Å²) in [6.45, 7) is 4.15. The second-order valence-corrected chi connectivity index (χ2v) is 5.36. The molecule has 1 N–H and O–H groups in total. The number of ether oxygens (including phenoxy) is 1. The average Bonchev–Trinajstić information content (AvgIpc) is 3.05. The van der Waals surface area contributed by atoms with Gasteiger partial charge in [0, 0.05) is 33.4 Å². The first kappa shape index (κ1) is 18.7. The van der Waals surface area contributed by atoms with Crippen LogP contribution in [0, 0.1) is 11.8 Å². The van der Waals surface area contributed by atoms with Crippen LogP contribution in [0.1, 0.15) is 12.6 Å². The number of methoxy groups -OCH3 is 1. The lowest BCUT2D eigenvalue weighted by Gasteiger charge is -2.21. The molecule has 0 radical (unpaired) electrons. The Morgan fingerprint density at radius 2 is 2.27 bits per heavy atom. The number of carbonyl (C=O) groups is 1. The van der Waals surface area contributed by atoms with Gasteiger partial charge in [-0.3, -0.25) is 14.5 Å². The maximum atomic E-state index is 11.7. The van der Waals surface area contributed by atoms with Crippen LogP contribution < -0.4 is 5.32 Å². The molecule has 2 unspecified atom stereocenters. The van der Waals surface area contributed by atoms with E-state index in [2.05, 4.69) is 27.2 Å². The molecule has 1 aliphatic heterocycles. The molecule has 7 nitrogen and oxygen atoms in total. The van der Waals surface area contributed by atoms with E-state index < -0.39 is 0 Å². The summed E-state index contributed by atoms with van der Waals surface area (Å²) >= 11 is 0. The highest BCUT2D eigenvalue weighted by atomic mass is 127. The molecule has 0 saturated carbocycles. The second-order valence-electron chi connectivity index (χ2n) is 5.36. The van der Waals surface area contributed by atoms with Crippen LogP contribution in [-0.4, -0.2) is 53.9 Å². The number of esters is 1. The standard InChI is InChI=1S/C14H23N5O2.HI/c1-10-8-19(9-12(10)13(20)21-4)14(15-2)16-7-11-5-6-17-18(11)3;/h5-6,10,12H,7-9H2,1-4H3,(H,15,16);1H. The number of aryl methyl sites for hydroxylation is 1. The number of aliphatic imine (C=N–C) groups is 1. The minimum atomic E-state index is -0.146. The smallest absolute Gasteiger partial charge is 0.310 e. The van der Waals surface area contributed by atoms with Gasteiger partial charge in [-0.15, -0.1) is 24.0 Å². The fourth-order valence-corrected chi connectivity index (χ4v) is 2.67. The summed E-state index contributed by atoms with van der Waals surface area (Å²) in [5, 5.41) is 7.45. The summed E-state index contributed by atoms with van der Waals surface area (Å²) in [5.74, 6) is 0.819. The van der Waals surface area contributed by atoms with E-state index in [9.17, 15) is 4.79 Å². The molecule has 124 valence electrons. The highest BCUT2D eigenvalue weighted by Crippen LogP contribution is 2.24. The van der Waals surface area contributed by atoms with Gasteiger partial charge >= 0.3 is 5.97 Å². The van der Waals surface area contributed by atoms with Crippen LogP contribution in [0.15, 0.2) is 17.3 Å². The fraction of sp³-hybridized carbons (Fsp3) is 0.643. The van der Waals surface area contributed by atoms with Crippen molar-refractivity contribution in [2.24, 2.45) is 23.9 Å². The zero-order valence-electron chi connectivity index (χ0n) is 13.4. The largest absolute Gasteiger partial charge is 0.469 e. The lowest BCUT2D eigenvalue weighted by molar-refractivity contribution is -0.145. The van der Waals surface area contributed by atoms with E-state index in [1.165, 1.54) is 7.11 Å². The number of rotatable bonds is 3. The number of likely N-dealkylation sites (tertiary alicyclic amines) is 1. The number of hydrogen-bond acceptors (Lipinski definition) is 4. The van der Waals surface area contributed by atoms with Crippen LogP contribution in [0.4, 0.5) is 0 Å². The molecule has 2 atom stereocenters. The van der Waals surface area contributed by atoms with E-state index >= 15 is 0 Å². The zero-order valence-corrected chi connectivity index (χ0v) is 15.8. The Bertz CT molecular complexity index is 531. The highest BCUT2D eigenvalue weighted by Gasteiger charge is 2.36. The van der Waals surface area contributed by atoms with Crippen molar-refractivity contribution in [2.45, 2.75) is 13.5 Å². The van der Waals surface area contributed by atoms with Gasteiger partial charge < -0.3 is 15.0 Å². The summed E-state index contributed by atoms with van der Waals surface area (Å²) in [6.07, 6.45) is 1.77. The molecule has 1 aromatic heterocycles. The van der Waals surface area contributed by atoms with E-state index in [4.69, 9.17) is 4.74 Å². The maximum Gasteiger partial charge on any atom is 0.310 e. The van der Waals surface area contributed by atoms with Crippen LogP contribution in [0.2, 0.25) is 0 Å². The van der Waals surface area contributed by atoms with Gasteiger partial charge in [0.25, 0.3) is 0 Å². The van der Waals surface area contributed by atoms with Gasteiger partial charge in [0.05, 0.1) is 25.3 Å². The van der Waals surface area contributed by atoms with E-state index in [1.807, 2.05) is 17.8 Å². The SMILES string of the molecule is CN=C(NCc1ccnn1C)N1CC(C)C(C(=O)OC)C1.I. The molecule has 1 aliphatic rings. The number of carbonyl (C=O) groups excluding carboxylic acids is 1. The molecular weight excluding hydrogens is 397 g/mol. The highest BCUT2D eigenvalue weighted by molar-refractivity contribution is 14.0. The summed E-state index contributed by atoms with van der Waals surface area (Å²) in [6, 6.07) is 1.96. The second kappa shape index (κ2) is 8.35. The molecule has 0 amide bonds. The normalized spacial score (nSPS) is 21.5. The Hall–Kier alpha value is -1.32. The van der Waals surface area contributed by atoms with Gasteiger partial charge in [-0.1, -0.05) is 6.92 Å². The third-order valence-corrected chi connectivity index (χ3v) is 3.98. The molecular formula is C14H24IN5O2. The number of halogens is 1. The molecule has 0 aliphatic carbocycles. The number of nitrogens with zero attached hydrogens (tertiary/aromatic N) is 4. The number of nitrogens with one attached hydrogen (secondary N) is 1. The first-order valence-electron chi connectivity index (χ1n) is 7.07. The Balaban J connectivity index is 0.00000242. The average molecular weight is 421 g/mol. The van der Waals surface area contributed by atoms with Gasteiger partial charge in [0.1, 0.15) is 0 Å². The maximum absolute atomic E-state index is 11.7. The summed E-state index contributed by atoms with van der Waals surface area (Å²) in [7, 11) is 5.10. The number of guanidine groups is 1. The number of aromatic nitrogens is 2. The number of hydrogen-bond donors (Lipinski definition) is 1. The van der Waals surface area contributed by atoms with Crippen molar-refractivity contribution in [3.63, 3.8) is 0 Å². The predicted octanol–water partition coefficient (Wildman–Crippen LogP) is 0.854. The van der Waals surface area contributed by atoms with Crippen LogP contribution in [0.25, 0.3) is 0 Å². The van der Waals surface area contributed by atoms with Crippen LogP contribution in [-0.2, 0) is 23.1 Å². The van der Waals surface area contributed by atoms with Crippen molar-refractivity contribution in [1.82, 2.24) is 20.0 Å². The summed E-state index contributed by atoms with van der Waals surface area (Å²) in [5.41, 5.74) is 1.08. The molecule has 0 spiro atoms. The zero-order chi connectivity index (χ0) is 15.4. The third kappa shape index (κ3) is 4.11. The molecule has 2 heterocycles. The van der Waals surface area contributed by atoms with Crippen molar-refractivity contribution < 1.29 is 9.53 Å². The molecule has 1 fully saturated rings. The predicted molar refractivity (Wildman–Crippen MR) is 95.1 cm³/mol. The van der Waals surface area contributed by atoms with Crippen molar-refractivity contribution in [3.05, 3.63) is 18.0 Å². The molecule has 22 heavy (non-hydrogen) atoms. The molecule has 0 bridgehead atoms. The summed E-state index contributed by atoms with van der Waals surface area (Å²) < 4.78 is 6.69. The van der Waals surface area contributed by atoms with Crippen LogP contribution in [0.5, 0.6) is 0 Å². The van der Waals surface area contributed by atoms with Crippen molar-refractivity contribution >= 4 is 35.9 Å². The van der Waals surface area contributed by atoms with Crippen molar-refractivity contribution in [3.8, 4) is 0 Å². The first-order chi connectivity index (χ1) is 10.1. The minimum absolute atomic E-state index is 0. The Labute approximate surface area is 148 Å². The van der Waals surface area contributed by atoms with Crippen LogP contribution >= 0.6 is 24.0 Å². The Morgan fingerprint density at radius 3 is 2.82 bits per heavy atom. The topological polar surface area (TPSA) is 71.8 Å². The van der Waals surface area contributed by atoms with Gasteiger partial charge in [-0.05, 0) is 12.0 Å². The Morgan fingerprint density at radius 1 is 1.55 bits per heavy atom. The quantitative estimate of drug-likeness (QED) is 0.339. The van der Waals surface area contributed by atoms with E-state index in [0.717, 1.165) is 18.2 Å². The lowest BCUT2D eigenvalue weighted by atomic mass is 9.99. The molecule has 1 aromatic rings. The van der Waals surface area contributed by atoms with Crippen molar-refractivity contribution in [2.75, 3.05) is 27.2 Å². The third-order valence-electron chi connectivity index (χ3n) is 3.98. The molecule has 8 heteroatoms. The van der Waals surface area contributed by atoms with Gasteiger partial charge in [-0.25, -0.2) is 0 Å². The fourth-order valence-electron chi connectivity index (χ4n) is 2.67. The van der Waals surface area contributed by atoms with Gasteiger partial charge in [-0.2, -0.15) is 5.10 Å². The van der Waals surface area contributed by atoms with Gasteiger partial charge in [0.2, 0.25) is 0 Å². The van der Waals surface area contributed by atoms with E-state index in [1.54, 1.807) is 13.2 Å². The van der Waals surface area contributed by atoms with E-state index in [0.29, 0.717) is 13.1 Å². The Kier molecular flexibility index (Phi) is 7.11. The first-order valence-corrected chi connectivity index (χ1v) is 7.07. The lowest BCUT2D eigenvalue weighted by Crippen LogP contribution is -2.40. The monoisotopic (exact) mass is 421 g/mol. The van der Waals surface area contributed by atoms with Gasteiger partial charge in [0.15, 0.2) is 5.96 Å². The van der Waals surface area contributed by atoms with Crippen molar-refractivity contribution in [1.29, 1.82) is 0 Å².